The fourth-order valence-corrected chi connectivity index (χ4v) is 1.94. The lowest BCUT2D eigenvalue weighted by Crippen LogP contribution is -2.05. The lowest BCUT2D eigenvalue weighted by Gasteiger charge is -2.07. The van der Waals surface area contributed by atoms with Crippen molar-refractivity contribution in [1.82, 2.24) is 15.0 Å². The molecule has 2 rings (SSSR count). The predicted molar refractivity (Wildman–Crippen MR) is 57.5 cm³/mol. The summed E-state index contributed by atoms with van der Waals surface area (Å²) in [4.78, 5) is 12.3. The largest absolute Gasteiger partial charge is 0.386 e. The molecule has 2 aromatic rings. The summed E-state index contributed by atoms with van der Waals surface area (Å²) in [7, 11) is 0. The highest BCUT2D eigenvalue weighted by Crippen LogP contribution is 2.17. The average molecular weight is 221 g/mol. The number of aromatic nitrogens is 3. The molecule has 0 aromatic carbocycles. The van der Waals surface area contributed by atoms with Crippen LogP contribution in [-0.4, -0.2) is 20.1 Å². The first kappa shape index (κ1) is 10.2. The number of aliphatic hydroxyl groups excluding tert-OH is 1. The maximum Gasteiger partial charge on any atom is 0.125 e. The Kier molecular flexibility index (Phi) is 3.03. The molecule has 0 aliphatic heterocycles. The van der Waals surface area contributed by atoms with Crippen LogP contribution in [0.1, 0.15) is 22.6 Å². The highest BCUT2D eigenvalue weighted by Gasteiger charge is 2.11. The molecule has 15 heavy (non-hydrogen) atoms. The van der Waals surface area contributed by atoms with Gasteiger partial charge in [0.05, 0.1) is 10.7 Å². The van der Waals surface area contributed by atoms with Gasteiger partial charge in [-0.25, -0.2) is 15.0 Å². The molecule has 0 radical (unpaired) electrons. The Hall–Kier alpha value is -1.33. The molecule has 78 valence electrons. The van der Waals surface area contributed by atoms with Crippen LogP contribution < -0.4 is 0 Å². The first-order valence-corrected chi connectivity index (χ1v) is 5.49. The van der Waals surface area contributed by atoms with E-state index >= 15 is 0 Å². The smallest absolute Gasteiger partial charge is 0.125 e. The van der Waals surface area contributed by atoms with E-state index in [4.69, 9.17) is 0 Å². The summed E-state index contributed by atoms with van der Waals surface area (Å²) < 4.78 is 0. The summed E-state index contributed by atoms with van der Waals surface area (Å²) in [5, 5.41) is 12.7. The fraction of sp³-hybridized carbons (Fsp3) is 0.300. The molecule has 0 amide bonds. The molecule has 0 spiro atoms. The molecule has 0 saturated heterocycles. The minimum atomic E-state index is -0.599. The van der Waals surface area contributed by atoms with Crippen LogP contribution in [0.3, 0.4) is 0 Å². The molecule has 0 fully saturated rings. The van der Waals surface area contributed by atoms with Crippen molar-refractivity contribution in [2.75, 3.05) is 0 Å². The number of rotatable bonds is 3. The zero-order chi connectivity index (χ0) is 10.7. The summed E-state index contributed by atoms with van der Waals surface area (Å²) >= 11 is 1.54. The van der Waals surface area contributed by atoms with Crippen LogP contribution in [0.5, 0.6) is 0 Å². The van der Waals surface area contributed by atoms with Crippen molar-refractivity contribution in [2.24, 2.45) is 0 Å². The Morgan fingerprint density at radius 3 is 2.93 bits per heavy atom. The lowest BCUT2D eigenvalue weighted by molar-refractivity contribution is 0.173. The van der Waals surface area contributed by atoms with Gasteiger partial charge in [-0.3, -0.25) is 0 Å². The molecule has 0 bridgehead atoms. The molecule has 1 atom stereocenters. The molecular formula is C10H11N3OS. The van der Waals surface area contributed by atoms with E-state index in [1.54, 1.807) is 25.4 Å². The van der Waals surface area contributed by atoms with Crippen molar-refractivity contribution in [3.63, 3.8) is 0 Å². The van der Waals surface area contributed by atoms with Gasteiger partial charge in [-0.2, -0.15) is 0 Å². The molecule has 5 heteroatoms. The van der Waals surface area contributed by atoms with Crippen LogP contribution in [0.25, 0.3) is 0 Å². The summed E-state index contributed by atoms with van der Waals surface area (Å²) in [5.41, 5.74) is 0.651. The second kappa shape index (κ2) is 4.46. The van der Waals surface area contributed by atoms with E-state index in [0.717, 1.165) is 5.01 Å². The van der Waals surface area contributed by atoms with Crippen LogP contribution in [0.2, 0.25) is 0 Å². The minimum Gasteiger partial charge on any atom is -0.386 e. The van der Waals surface area contributed by atoms with E-state index in [0.29, 0.717) is 17.9 Å². The molecule has 2 aromatic heterocycles. The Labute approximate surface area is 91.7 Å². The van der Waals surface area contributed by atoms with E-state index in [1.807, 2.05) is 5.38 Å². The van der Waals surface area contributed by atoms with E-state index in [2.05, 4.69) is 15.0 Å². The highest BCUT2D eigenvalue weighted by molar-refractivity contribution is 7.09. The van der Waals surface area contributed by atoms with Crippen molar-refractivity contribution in [3.8, 4) is 0 Å². The van der Waals surface area contributed by atoms with Gasteiger partial charge < -0.3 is 5.11 Å². The summed E-state index contributed by atoms with van der Waals surface area (Å²) in [6.07, 6.45) is 3.30. The highest BCUT2D eigenvalue weighted by atomic mass is 32.1. The van der Waals surface area contributed by atoms with E-state index in [-0.39, 0.29) is 0 Å². The van der Waals surface area contributed by atoms with Crippen molar-refractivity contribution < 1.29 is 5.11 Å². The molecule has 0 aliphatic rings. The maximum atomic E-state index is 9.89. The SMILES string of the molecule is Cc1nccc(C(O)Cc2nccs2)n1. The Bertz CT molecular complexity index is 430. The van der Waals surface area contributed by atoms with Gasteiger partial charge in [0.1, 0.15) is 11.9 Å². The van der Waals surface area contributed by atoms with Crippen molar-refractivity contribution in [3.05, 3.63) is 40.4 Å². The molecule has 1 N–H and O–H groups in total. The van der Waals surface area contributed by atoms with Crippen molar-refractivity contribution in [1.29, 1.82) is 0 Å². The minimum absolute atomic E-state index is 0.508. The van der Waals surface area contributed by atoms with E-state index in [9.17, 15) is 5.11 Å². The normalized spacial score (nSPS) is 12.7. The van der Waals surface area contributed by atoms with Gasteiger partial charge in [0.2, 0.25) is 0 Å². The molecule has 1 unspecified atom stereocenters. The van der Waals surface area contributed by atoms with Gasteiger partial charge in [-0.1, -0.05) is 0 Å². The molecule has 0 aliphatic carbocycles. The third kappa shape index (κ3) is 2.57. The number of aryl methyl sites for hydroxylation is 1. The lowest BCUT2D eigenvalue weighted by atomic mass is 10.2. The van der Waals surface area contributed by atoms with Gasteiger partial charge >= 0.3 is 0 Å². The average Bonchev–Trinajstić information content (AvgIpc) is 2.70. The molecule has 4 nitrogen and oxygen atoms in total. The summed E-state index contributed by atoms with van der Waals surface area (Å²) in [6.45, 7) is 1.81. The number of aliphatic hydroxyl groups is 1. The zero-order valence-electron chi connectivity index (χ0n) is 8.29. The monoisotopic (exact) mass is 221 g/mol. The number of hydrogen-bond donors (Lipinski definition) is 1. The third-order valence-electron chi connectivity index (χ3n) is 1.99. The molecule has 2 heterocycles. The summed E-state index contributed by atoms with van der Waals surface area (Å²) in [6, 6.07) is 1.73. The number of thiazole rings is 1. The van der Waals surface area contributed by atoms with Gasteiger partial charge in [0.15, 0.2) is 0 Å². The van der Waals surface area contributed by atoms with Gasteiger partial charge in [-0.05, 0) is 13.0 Å². The first-order chi connectivity index (χ1) is 7.25. The van der Waals surface area contributed by atoms with Gasteiger partial charge in [-0.15, -0.1) is 11.3 Å². The molecular weight excluding hydrogens is 210 g/mol. The standard InChI is InChI=1S/C10H11N3OS/c1-7-11-3-2-8(13-7)9(14)6-10-12-4-5-15-10/h2-5,9,14H,6H2,1H3. The van der Waals surface area contributed by atoms with Crippen LogP contribution in [0, 0.1) is 6.92 Å². The van der Waals surface area contributed by atoms with Crippen LogP contribution >= 0.6 is 11.3 Å². The third-order valence-corrected chi connectivity index (χ3v) is 2.79. The van der Waals surface area contributed by atoms with Crippen LogP contribution in [0.4, 0.5) is 0 Å². The van der Waals surface area contributed by atoms with Crippen molar-refractivity contribution in [2.45, 2.75) is 19.4 Å². The Morgan fingerprint density at radius 2 is 2.27 bits per heavy atom. The first-order valence-electron chi connectivity index (χ1n) is 4.61. The quantitative estimate of drug-likeness (QED) is 0.853. The Morgan fingerprint density at radius 1 is 1.40 bits per heavy atom. The summed E-state index contributed by atoms with van der Waals surface area (Å²) in [5.74, 6) is 0.672. The predicted octanol–water partition coefficient (Wildman–Crippen LogP) is 1.52. The molecule has 0 saturated carbocycles. The zero-order valence-corrected chi connectivity index (χ0v) is 9.11. The van der Waals surface area contributed by atoms with Gasteiger partial charge in [0, 0.05) is 24.2 Å². The van der Waals surface area contributed by atoms with Gasteiger partial charge in [0.25, 0.3) is 0 Å². The van der Waals surface area contributed by atoms with E-state index in [1.165, 1.54) is 11.3 Å². The maximum absolute atomic E-state index is 9.89. The number of nitrogens with zero attached hydrogens (tertiary/aromatic N) is 3. The number of hydrogen-bond acceptors (Lipinski definition) is 5. The van der Waals surface area contributed by atoms with Crippen LogP contribution in [0.15, 0.2) is 23.8 Å². The topological polar surface area (TPSA) is 58.9 Å². The fourth-order valence-electron chi connectivity index (χ4n) is 1.28. The van der Waals surface area contributed by atoms with Crippen molar-refractivity contribution >= 4 is 11.3 Å². The Balaban J connectivity index is 2.11. The second-order valence-electron chi connectivity index (χ2n) is 3.17. The van der Waals surface area contributed by atoms with Crippen LogP contribution in [-0.2, 0) is 6.42 Å². The van der Waals surface area contributed by atoms with E-state index < -0.39 is 6.10 Å². The second-order valence-corrected chi connectivity index (χ2v) is 4.15.